The largest absolute Gasteiger partial charge is 0.416 e. The summed E-state index contributed by atoms with van der Waals surface area (Å²) in [5.41, 5.74) is 0.867. The van der Waals surface area contributed by atoms with Crippen molar-refractivity contribution in [2.45, 2.75) is 70.1 Å². The molecule has 11 heteroatoms. The molecule has 3 atom stereocenters. The molecule has 2 aromatic carbocycles. The van der Waals surface area contributed by atoms with E-state index in [1.807, 2.05) is 29.8 Å². The van der Waals surface area contributed by atoms with Crippen LogP contribution in [0, 0.1) is 11.8 Å². The number of halogens is 5. The summed E-state index contributed by atoms with van der Waals surface area (Å²) in [7, 11) is 1.89. The Morgan fingerprint density at radius 3 is 2.48 bits per heavy atom. The Kier molecular flexibility index (Phi) is 7.14. The molecule has 3 aromatic rings. The lowest BCUT2D eigenvalue weighted by atomic mass is 9.72. The number of piperidine rings is 1. The van der Waals surface area contributed by atoms with E-state index in [4.69, 9.17) is 0 Å². The number of benzene rings is 2. The number of aromatic nitrogens is 3. The third-order valence-electron chi connectivity index (χ3n) is 9.55. The van der Waals surface area contributed by atoms with E-state index in [2.05, 4.69) is 10.2 Å². The summed E-state index contributed by atoms with van der Waals surface area (Å²) in [6.07, 6.45) is -0.176. The number of hydrogen-bond donors (Lipinski definition) is 0. The van der Waals surface area contributed by atoms with E-state index in [0.717, 1.165) is 36.7 Å². The maximum Gasteiger partial charge on any atom is 0.416 e. The molecule has 0 N–H and O–H groups in total. The second-order valence-electron chi connectivity index (χ2n) is 12.1. The van der Waals surface area contributed by atoms with Gasteiger partial charge in [0.25, 0.3) is 11.8 Å². The van der Waals surface area contributed by atoms with E-state index in [-0.39, 0.29) is 43.1 Å². The highest BCUT2D eigenvalue weighted by molar-refractivity contribution is 6.10. The molecule has 1 aromatic heterocycles. The van der Waals surface area contributed by atoms with Gasteiger partial charge in [-0.3, -0.25) is 9.69 Å². The lowest BCUT2D eigenvalue weighted by Gasteiger charge is -2.40. The minimum Gasteiger partial charge on any atom is -0.320 e. The number of amides is 1. The monoisotopic (exact) mass is 587 g/mol. The molecule has 2 aliphatic heterocycles. The molecule has 0 spiro atoms. The van der Waals surface area contributed by atoms with Crippen LogP contribution in [0.1, 0.15) is 89.9 Å². The number of rotatable bonds is 6. The standard InChI is InChI=1S/C31H34F5N5O/c1-18-15-40(11-10-30(18,32)33)19(2)22-13-24-25(26(14-22)31(34,35)36)16-41(29(24)42)23-9-5-8-21(12-23)27(20-6-4-7-20)28-38-37-17-39(28)3/h5,8-9,12-14,17-20,27H,4,6-7,10-11,15-16H2,1-3H3/t18-,19+,27+/m1/s1. The van der Waals surface area contributed by atoms with Gasteiger partial charge in [-0.15, -0.1) is 10.2 Å². The average molecular weight is 588 g/mol. The van der Waals surface area contributed by atoms with Crippen LogP contribution < -0.4 is 4.90 Å². The maximum atomic E-state index is 14.4. The van der Waals surface area contributed by atoms with Crippen molar-refractivity contribution in [2.75, 3.05) is 18.0 Å². The number of nitrogens with zero attached hydrogens (tertiary/aromatic N) is 5. The van der Waals surface area contributed by atoms with Gasteiger partial charge in [0, 0.05) is 55.7 Å². The molecule has 6 nitrogen and oxygen atoms in total. The Morgan fingerprint density at radius 1 is 1.10 bits per heavy atom. The van der Waals surface area contributed by atoms with Gasteiger partial charge in [-0.1, -0.05) is 25.5 Å². The summed E-state index contributed by atoms with van der Waals surface area (Å²) in [4.78, 5) is 16.9. The van der Waals surface area contributed by atoms with Gasteiger partial charge in [0.2, 0.25) is 0 Å². The SMILES string of the molecule is C[C@@H]1CN([C@@H](C)c2cc3c(c(C(F)(F)F)c2)CN(c2cccc([C@@H](c4nncn4C)C4CCC4)c2)C3=O)CCC1(F)F. The van der Waals surface area contributed by atoms with Crippen LogP contribution in [-0.4, -0.2) is 44.6 Å². The summed E-state index contributed by atoms with van der Waals surface area (Å²) in [5.74, 6) is -3.08. The highest BCUT2D eigenvalue weighted by atomic mass is 19.4. The van der Waals surface area contributed by atoms with Crippen molar-refractivity contribution < 1.29 is 26.7 Å². The molecule has 3 aliphatic rings. The van der Waals surface area contributed by atoms with Crippen LogP contribution in [-0.2, 0) is 19.8 Å². The van der Waals surface area contributed by atoms with Crippen molar-refractivity contribution in [2.24, 2.45) is 18.9 Å². The number of hydrogen-bond acceptors (Lipinski definition) is 4. The van der Waals surface area contributed by atoms with Crippen LogP contribution in [0.15, 0.2) is 42.7 Å². The number of carbonyl (C=O) groups excluding carboxylic acids is 1. The van der Waals surface area contributed by atoms with Crippen LogP contribution in [0.2, 0.25) is 0 Å². The molecule has 0 unspecified atom stereocenters. The van der Waals surface area contributed by atoms with Crippen LogP contribution >= 0.6 is 0 Å². The number of alkyl halides is 5. The van der Waals surface area contributed by atoms with Crippen LogP contribution in [0.25, 0.3) is 0 Å². The van der Waals surface area contributed by atoms with Crippen LogP contribution in [0.4, 0.5) is 27.6 Å². The summed E-state index contributed by atoms with van der Waals surface area (Å²) in [6.45, 7) is 3.10. The first-order valence-corrected chi connectivity index (χ1v) is 14.5. The zero-order chi connectivity index (χ0) is 30.0. The number of carbonyl (C=O) groups is 1. The van der Waals surface area contributed by atoms with Gasteiger partial charge in [0.05, 0.1) is 12.1 Å². The van der Waals surface area contributed by atoms with Crippen molar-refractivity contribution >= 4 is 11.6 Å². The van der Waals surface area contributed by atoms with E-state index >= 15 is 0 Å². The van der Waals surface area contributed by atoms with Gasteiger partial charge in [-0.25, -0.2) is 8.78 Å². The van der Waals surface area contributed by atoms with Gasteiger partial charge in [-0.2, -0.15) is 13.2 Å². The number of likely N-dealkylation sites (tertiary alicyclic amines) is 1. The van der Waals surface area contributed by atoms with Gasteiger partial charge in [0.15, 0.2) is 0 Å². The van der Waals surface area contributed by atoms with Gasteiger partial charge in [0.1, 0.15) is 12.2 Å². The topological polar surface area (TPSA) is 54.3 Å². The lowest BCUT2D eigenvalue weighted by Crippen LogP contribution is -2.46. The second kappa shape index (κ2) is 10.4. The van der Waals surface area contributed by atoms with E-state index in [1.54, 1.807) is 24.2 Å². The van der Waals surface area contributed by atoms with Crippen molar-refractivity contribution in [3.05, 3.63) is 76.4 Å². The molecule has 6 rings (SSSR count). The fourth-order valence-corrected chi connectivity index (χ4v) is 6.68. The third kappa shape index (κ3) is 4.99. The van der Waals surface area contributed by atoms with E-state index < -0.39 is 35.5 Å². The lowest BCUT2D eigenvalue weighted by molar-refractivity contribution is -0.138. The summed E-state index contributed by atoms with van der Waals surface area (Å²) in [5, 5.41) is 8.40. The van der Waals surface area contributed by atoms with Gasteiger partial charge >= 0.3 is 6.18 Å². The van der Waals surface area contributed by atoms with Crippen molar-refractivity contribution in [3.8, 4) is 0 Å². The fourth-order valence-electron chi connectivity index (χ4n) is 6.68. The molecule has 1 amide bonds. The van der Waals surface area contributed by atoms with Crippen LogP contribution in [0.5, 0.6) is 0 Å². The predicted octanol–water partition coefficient (Wildman–Crippen LogP) is 6.96. The summed E-state index contributed by atoms with van der Waals surface area (Å²) >= 11 is 0. The normalized spacial score (nSPS) is 22.6. The Balaban J connectivity index is 1.34. The molecule has 0 bridgehead atoms. The Bertz CT molecular complexity index is 1500. The third-order valence-corrected chi connectivity index (χ3v) is 9.55. The molecule has 42 heavy (non-hydrogen) atoms. The Morgan fingerprint density at radius 2 is 1.86 bits per heavy atom. The first-order chi connectivity index (χ1) is 19.8. The average Bonchev–Trinajstić information content (AvgIpc) is 3.48. The fraction of sp³-hybridized carbons (Fsp3) is 0.516. The summed E-state index contributed by atoms with van der Waals surface area (Å²) in [6, 6.07) is 9.48. The maximum absolute atomic E-state index is 14.4. The highest BCUT2D eigenvalue weighted by Crippen LogP contribution is 2.45. The molecular weight excluding hydrogens is 553 g/mol. The minimum atomic E-state index is -4.68. The summed E-state index contributed by atoms with van der Waals surface area (Å²) < 4.78 is 73.3. The predicted molar refractivity (Wildman–Crippen MR) is 147 cm³/mol. The van der Waals surface area contributed by atoms with E-state index in [9.17, 15) is 26.7 Å². The van der Waals surface area contributed by atoms with Crippen molar-refractivity contribution in [1.29, 1.82) is 0 Å². The second-order valence-corrected chi connectivity index (χ2v) is 12.1. The molecule has 1 saturated heterocycles. The molecular formula is C31H34F5N5O. The molecule has 1 saturated carbocycles. The number of anilines is 1. The van der Waals surface area contributed by atoms with Gasteiger partial charge < -0.3 is 9.47 Å². The van der Waals surface area contributed by atoms with E-state index in [0.29, 0.717) is 17.2 Å². The zero-order valence-corrected chi connectivity index (χ0v) is 23.8. The quantitative estimate of drug-likeness (QED) is 0.293. The van der Waals surface area contributed by atoms with Crippen LogP contribution in [0.3, 0.4) is 0 Å². The van der Waals surface area contributed by atoms with Gasteiger partial charge in [-0.05, 0) is 66.6 Å². The first kappa shape index (κ1) is 28.8. The molecule has 3 heterocycles. The highest BCUT2D eigenvalue weighted by Gasteiger charge is 2.44. The Hall–Kier alpha value is -3.34. The van der Waals surface area contributed by atoms with Crippen molar-refractivity contribution in [3.63, 3.8) is 0 Å². The zero-order valence-electron chi connectivity index (χ0n) is 23.8. The van der Waals surface area contributed by atoms with Crippen molar-refractivity contribution in [1.82, 2.24) is 19.7 Å². The molecule has 2 fully saturated rings. The molecule has 1 aliphatic carbocycles. The number of fused-ring (bicyclic) bond motifs is 1. The smallest absolute Gasteiger partial charge is 0.320 e. The first-order valence-electron chi connectivity index (χ1n) is 14.5. The molecule has 0 radical (unpaired) electrons. The van der Waals surface area contributed by atoms with E-state index in [1.165, 1.54) is 17.9 Å². The molecule has 224 valence electrons. The minimum absolute atomic E-state index is 0.0105. The number of aryl methyl sites for hydroxylation is 1. The Labute approximate surface area is 241 Å².